The van der Waals surface area contributed by atoms with Crippen molar-refractivity contribution in [2.45, 2.75) is 58.6 Å². The smallest absolute Gasteiger partial charge is 0.434 e. The zero-order chi connectivity index (χ0) is 11.6. The molecule has 0 aromatic rings. The van der Waals surface area contributed by atoms with Gasteiger partial charge in [-0.05, 0) is 39.5 Å². The van der Waals surface area contributed by atoms with E-state index >= 15 is 0 Å². The van der Waals surface area contributed by atoms with Crippen LogP contribution in [-0.4, -0.2) is 28.0 Å². The van der Waals surface area contributed by atoms with Crippen LogP contribution in [0.15, 0.2) is 0 Å². The molecule has 2 atom stereocenters. The van der Waals surface area contributed by atoms with E-state index in [0.717, 1.165) is 24.3 Å². The Kier molecular flexibility index (Phi) is 3.60. The topological polar surface area (TPSA) is 49.8 Å². The molecule has 15 heavy (non-hydrogen) atoms. The van der Waals surface area contributed by atoms with Crippen molar-refractivity contribution < 1.29 is 14.7 Å². The molecule has 2 unspecified atom stereocenters. The van der Waals surface area contributed by atoms with Crippen LogP contribution in [0.2, 0.25) is 0 Å². The fourth-order valence-electron chi connectivity index (χ4n) is 1.93. The number of ether oxygens (including phenoxy) is 1. The van der Waals surface area contributed by atoms with Crippen LogP contribution in [0.5, 0.6) is 0 Å². The molecular formula is C11H21NO3. The average molecular weight is 215 g/mol. The Labute approximate surface area is 91.2 Å². The largest absolute Gasteiger partial charge is 0.442 e. The molecule has 1 saturated carbocycles. The summed E-state index contributed by atoms with van der Waals surface area (Å²) in [6.45, 7) is 7.41. The minimum Gasteiger partial charge on any atom is -0.442 e. The minimum absolute atomic E-state index is 0.0835. The third-order valence-electron chi connectivity index (χ3n) is 2.71. The highest BCUT2D eigenvalue weighted by molar-refractivity contribution is 5.67. The molecule has 0 heterocycles. The normalized spacial score (nSPS) is 26.5. The first-order valence-corrected chi connectivity index (χ1v) is 5.52. The second-order valence-corrected chi connectivity index (χ2v) is 5.30. The quantitative estimate of drug-likeness (QED) is 0.540. The highest BCUT2D eigenvalue weighted by atomic mass is 16.6. The SMILES string of the molecule is CC1CCCC1N(O)C(=O)OC(C)(C)C. The van der Waals surface area contributed by atoms with Gasteiger partial charge in [-0.25, -0.2) is 4.79 Å². The summed E-state index contributed by atoms with van der Waals surface area (Å²) in [4.78, 5) is 11.5. The van der Waals surface area contributed by atoms with Crippen molar-refractivity contribution in [2.24, 2.45) is 5.92 Å². The van der Waals surface area contributed by atoms with Crippen molar-refractivity contribution in [3.05, 3.63) is 0 Å². The molecule has 4 nitrogen and oxygen atoms in total. The number of nitrogens with zero attached hydrogens (tertiary/aromatic N) is 1. The van der Waals surface area contributed by atoms with Crippen LogP contribution in [0.3, 0.4) is 0 Å². The van der Waals surface area contributed by atoms with Gasteiger partial charge in [-0.15, -0.1) is 0 Å². The Bertz CT molecular complexity index is 234. The van der Waals surface area contributed by atoms with Crippen LogP contribution in [0, 0.1) is 5.92 Å². The minimum atomic E-state index is -0.638. The van der Waals surface area contributed by atoms with Crippen LogP contribution in [0.25, 0.3) is 0 Å². The number of carbonyl (C=O) groups is 1. The van der Waals surface area contributed by atoms with E-state index in [4.69, 9.17) is 4.74 Å². The van der Waals surface area contributed by atoms with Crippen molar-refractivity contribution >= 4 is 6.09 Å². The third-order valence-corrected chi connectivity index (χ3v) is 2.71. The van der Waals surface area contributed by atoms with Crippen molar-refractivity contribution in [1.29, 1.82) is 0 Å². The Morgan fingerprint density at radius 3 is 2.40 bits per heavy atom. The fraction of sp³-hybridized carbons (Fsp3) is 0.909. The van der Waals surface area contributed by atoms with Crippen LogP contribution in [0.1, 0.15) is 47.0 Å². The van der Waals surface area contributed by atoms with E-state index < -0.39 is 11.7 Å². The summed E-state index contributed by atoms with van der Waals surface area (Å²) >= 11 is 0. The fourth-order valence-corrected chi connectivity index (χ4v) is 1.93. The van der Waals surface area contributed by atoms with Gasteiger partial charge in [0.15, 0.2) is 0 Å². The number of carbonyl (C=O) groups excluding carboxylic acids is 1. The van der Waals surface area contributed by atoms with Crippen molar-refractivity contribution in [1.82, 2.24) is 5.06 Å². The lowest BCUT2D eigenvalue weighted by atomic mass is 10.1. The summed E-state index contributed by atoms with van der Waals surface area (Å²) in [5.41, 5.74) is -0.556. The summed E-state index contributed by atoms with van der Waals surface area (Å²) in [6.07, 6.45) is 2.34. The molecule has 1 N–H and O–H groups in total. The maximum Gasteiger partial charge on any atom is 0.434 e. The Hall–Kier alpha value is -0.770. The molecule has 1 aliphatic carbocycles. The number of hydrogen-bond acceptors (Lipinski definition) is 3. The zero-order valence-electron chi connectivity index (χ0n) is 9.99. The van der Waals surface area contributed by atoms with Gasteiger partial charge in [0.1, 0.15) is 5.60 Å². The molecule has 0 aromatic heterocycles. The molecule has 0 radical (unpaired) electrons. The molecule has 4 heteroatoms. The zero-order valence-corrected chi connectivity index (χ0v) is 9.99. The number of hydroxylamine groups is 2. The maximum atomic E-state index is 11.5. The number of hydrogen-bond donors (Lipinski definition) is 1. The Morgan fingerprint density at radius 2 is 2.00 bits per heavy atom. The second kappa shape index (κ2) is 4.39. The molecule has 0 spiro atoms. The van der Waals surface area contributed by atoms with Gasteiger partial charge in [-0.1, -0.05) is 13.3 Å². The summed E-state index contributed by atoms with van der Waals surface area (Å²) < 4.78 is 5.10. The van der Waals surface area contributed by atoms with Crippen LogP contribution in [0.4, 0.5) is 4.79 Å². The molecule has 0 aromatic carbocycles. The van der Waals surface area contributed by atoms with E-state index in [0.29, 0.717) is 5.92 Å². The summed E-state index contributed by atoms with van der Waals surface area (Å²) in [6, 6.07) is -0.0835. The third kappa shape index (κ3) is 3.38. The monoisotopic (exact) mass is 215 g/mol. The van der Waals surface area contributed by atoms with Crippen molar-refractivity contribution in [3.63, 3.8) is 0 Å². The average Bonchev–Trinajstić information content (AvgIpc) is 2.47. The molecule has 1 fully saturated rings. The van der Waals surface area contributed by atoms with Gasteiger partial charge in [-0.3, -0.25) is 5.21 Å². The first-order chi connectivity index (χ1) is 6.81. The molecule has 0 aliphatic heterocycles. The molecule has 1 aliphatic rings. The van der Waals surface area contributed by atoms with Crippen LogP contribution in [-0.2, 0) is 4.74 Å². The molecule has 0 saturated heterocycles. The van der Waals surface area contributed by atoms with E-state index in [-0.39, 0.29) is 6.04 Å². The van der Waals surface area contributed by atoms with Crippen molar-refractivity contribution in [3.8, 4) is 0 Å². The van der Waals surface area contributed by atoms with Gasteiger partial charge in [0, 0.05) is 0 Å². The van der Waals surface area contributed by atoms with Gasteiger partial charge < -0.3 is 4.74 Å². The van der Waals surface area contributed by atoms with Gasteiger partial charge in [0.05, 0.1) is 6.04 Å². The predicted molar refractivity (Wildman–Crippen MR) is 56.7 cm³/mol. The van der Waals surface area contributed by atoms with E-state index in [2.05, 4.69) is 0 Å². The summed E-state index contributed by atoms with van der Waals surface area (Å²) in [5, 5.41) is 10.5. The van der Waals surface area contributed by atoms with Gasteiger partial charge >= 0.3 is 6.09 Å². The summed E-state index contributed by atoms with van der Waals surface area (Å²) in [7, 11) is 0. The molecule has 1 rings (SSSR count). The molecule has 88 valence electrons. The van der Waals surface area contributed by atoms with Gasteiger partial charge in [-0.2, -0.15) is 5.06 Å². The van der Waals surface area contributed by atoms with Gasteiger partial charge in [0.2, 0.25) is 0 Å². The summed E-state index contributed by atoms with van der Waals surface area (Å²) in [5.74, 6) is 0.350. The lowest BCUT2D eigenvalue weighted by Gasteiger charge is -2.28. The first kappa shape index (κ1) is 12.3. The lowest BCUT2D eigenvalue weighted by Crippen LogP contribution is -2.42. The Morgan fingerprint density at radius 1 is 1.40 bits per heavy atom. The highest BCUT2D eigenvalue weighted by Gasteiger charge is 2.33. The van der Waals surface area contributed by atoms with Crippen LogP contribution >= 0.6 is 0 Å². The standard InChI is InChI=1S/C11H21NO3/c1-8-6-5-7-9(8)12(14)10(13)15-11(2,3)4/h8-9,14H,5-7H2,1-4H3. The Balaban J connectivity index is 2.52. The predicted octanol–water partition coefficient (Wildman–Crippen LogP) is 2.80. The highest BCUT2D eigenvalue weighted by Crippen LogP contribution is 2.29. The van der Waals surface area contributed by atoms with Gasteiger partial charge in [0.25, 0.3) is 0 Å². The number of rotatable bonds is 1. The van der Waals surface area contributed by atoms with Crippen LogP contribution < -0.4 is 0 Å². The molecular weight excluding hydrogens is 194 g/mol. The second-order valence-electron chi connectivity index (χ2n) is 5.30. The first-order valence-electron chi connectivity index (χ1n) is 5.52. The maximum absolute atomic E-state index is 11.5. The van der Waals surface area contributed by atoms with Crippen molar-refractivity contribution in [2.75, 3.05) is 0 Å². The van der Waals surface area contributed by atoms with E-state index in [1.54, 1.807) is 20.8 Å². The van der Waals surface area contributed by atoms with E-state index in [9.17, 15) is 10.0 Å². The van der Waals surface area contributed by atoms with E-state index in [1.165, 1.54) is 0 Å². The molecule has 0 bridgehead atoms. The number of amides is 1. The lowest BCUT2D eigenvalue weighted by molar-refractivity contribution is -0.126. The van der Waals surface area contributed by atoms with E-state index in [1.807, 2.05) is 6.92 Å². The molecule has 1 amide bonds.